The maximum atomic E-state index is 10.8. The predicted octanol–water partition coefficient (Wildman–Crippen LogP) is 2.28. The predicted molar refractivity (Wildman–Crippen MR) is 48.8 cm³/mol. The molecule has 0 rings (SSSR count). The van der Waals surface area contributed by atoms with Crippen LogP contribution in [0.3, 0.4) is 0 Å². The minimum atomic E-state index is -0.133. The number of hydrogen-bond acceptors (Lipinski definition) is 2. The molecule has 0 aliphatic carbocycles. The van der Waals surface area contributed by atoms with Gasteiger partial charge in [0.15, 0.2) is 0 Å². The Morgan fingerprint density at radius 2 is 2.27 bits per heavy atom. The lowest BCUT2D eigenvalue weighted by Crippen LogP contribution is -2.03. The number of hydrogen-bond donors (Lipinski definition) is 0. The zero-order valence-corrected chi connectivity index (χ0v) is 8.10. The minimum absolute atomic E-state index is 0.133. The lowest BCUT2D eigenvalue weighted by atomic mass is 10.2. The molecule has 0 N–H and O–H groups in total. The summed E-state index contributed by atoms with van der Waals surface area (Å²) in [6, 6.07) is 0. The lowest BCUT2D eigenvalue weighted by molar-refractivity contribution is -0.142. The largest absolute Gasteiger partial charge is 0.461 e. The molecule has 0 unspecified atom stereocenters. The first-order chi connectivity index (χ1) is 5.31. The summed E-state index contributed by atoms with van der Waals surface area (Å²) in [5.41, 5.74) is 0. The monoisotopic (exact) mass is 220 g/mol. The summed E-state index contributed by atoms with van der Waals surface area (Å²) in [5.74, 6) is -0.133. The van der Waals surface area contributed by atoms with Gasteiger partial charge in [0.05, 0.1) is 0 Å². The molecule has 64 valence electrons. The van der Waals surface area contributed by atoms with Crippen LogP contribution in [0.5, 0.6) is 0 Å². The minimum Gasteiger partial charge on any atom is -0.461 e. The molecule has 0 saturated heterocycles. The van der Waals surface area contributed by atoms with Crippen LogP contribution in [0, 0.1) is 0 Å². The van der Waals surface area contributed by atoms with Crippen LogP contribution in [-0.4, -0.2) is 17.9 Å². The normalized spacial score (nSPS) is 9.18. The molecule has 0 spiro atoms. The van der Waals surface area contributed by atoms with Gasteiger partial charge in [0, 0.05) is 11.8 Å². The Morgan fingerprint density at radius 1 is 1.55 bits per heavy atom. The second-order valence-electron chi connectivity index (χ2n) is 2.12. The van der Waals surface area contributed by atoms with Crippen molar-refractivity contribution in [2.75, 3.05) is 11.9 Å². The van der Waals surface area contributed by atoms with Crippen molar-refractivity contribution in [3.63, 3.8) is 0 Å². The van der Waals surface area contributed by atoms with Crippen LogP contribution < -0.4 is 0 Å². The highest BCUT2D eigenvalue weighted by Gasteiger charge is 1.99. The number of rotatable bonds is 6. The van der Waals surface area contributed by atoms with E-state index >= 15 is 0 Å². The van der Waals surface area contributed by atoms with Gasteiger partial charge in [-0.15, -0.1) is 0 Å². The van der Waals surface area contributed by atoms with Crippen molar-refractivity contribution in [3.8, 4) is 0 Å². The van der Waals surface area contributed by atoms with E-state index in [1.807, 2.05) is 0 Å². The number of alkyl halides is 1. The Morgan fingerprint density at radius 3 is 2.82 bits per heavy atom. The molecule has 0 heterocycles. The van der Waals surface area contributed by atoms with Gasteiger partial charge < -0.3 is 4.74 Å². The van der Waals surface area contributed by atoms with Crippen molar-refractivity contribution in [1.82, 2.24) is 0 Å². The Bertz CT molecular complexity index is 123. The van der Waals surface area contributed by atoms with E-state index in [1.54, 1.807) is 6.08 Å². The summed E-state index contributed by atoms with van der Waals surface area (Å²) >= 11 is 3.28. The first kappa shape index (κ1) is 10.7. The van der Waals surface area contributed by atoms with E-state index in [1.165, 1.54) is 0 Å². The van der Waals surface area contributed by atoms with Gasteiger partial charge in [-0.1, -0.05) is 28.6 Å². The second kappa shape index (κ2) is 7.79. The maximum absolute atomic E-state index is 10.8. The van der Waals surface area contributed by atoms with Crippen molar-refractivity contribution in [2.24, 2.45) is 0 Å². The van der Waals surface area contributed by atoms with Crippen LogP contribution in [0.15, 0.2) is 12.7 Å². The van der Waals surface area contributed by atoms with Gasteiger partial charge >= 0.3 is 5.97 Å². The van der Waals surface area contributed by atoms with E-state index < -0.39 is 0 Å². The van der Waals surface area contributed by atoms with Crippen LogP contribution in [0.4, 0.5) is 0 Å². The molecule has 0 amide bonds. The number of carbonyl (C=O) groups is 1. The highest BCUT2D eigenvalue weighted by molar-refractivity contribution is 9.09. The molecule has 2 nitrogen and oxygen atoms in total. The third kappa shape index (κ3) is 7.59. The molecule has 0 saturated carbocycles. The number of esters is 1. The number of halogens is 1. The Labute approximate surface area is 75.7 Å². The van der Waals surface area contributed by atoms with Crippen molar-refractivity contribution in [3.05, 3.63) is 12.7 Å². The first-order valence-corrected chi connectivity index (χ1v) is 4.76. The summed E-state index contributed by atoms with van der Waals surface area (Å²) in [4.78, 5) is 10.8. The molecule has 0 atom stereocenters. The fraction of sp³-hybridized carbons (Fsp3) is 0.625. The molecule has 0 aliphatic rings. The number of carbonyl (C=O) groups excluding carboxylic acids is 1. The summed E-state index contributed by atoms with van der Waals surface area (Å²) in [5, 5.41) is 0.946. The van der Waals surface area contributed by atoms with Crippen LogP contribution in [0.25, 0.3) is 0 Å². The van der Waals surface area contributed by atoms with Crippen LogP contribution >= 0.6 is 15.9 Å². The molecule has 0 aromatic rings. The third-order valence-corrected chi connectivity index (χ3v) is 1.69. The Balaban J connectivity index is 3.15. The van der Waals surface area contributed by atoms with E-state index in [0.29, 0.717) is 13.0 Å². The third-order valence-electron chi connectivity index (χ3n) is 1.13. The van der Waals surface area contributed by atoms with Gasteiger partial charge in [0.25, 0.3) is 0 Å². The molecule has 0 aromatic carbocycles. The highest BCUT2D eigenvalue weighted by atomic mass is 79.9. The number of ether oxygens (including phenoxy) is 1. The molecule has 3 heteroatoms. The van der Waals surface area contributed by atoms with Gasteiger partial charge in [-0.3, -0.25) is 4.79 Å². The second-order valence-corrected chi connectivity index (χ2v) is 2.91. The molecule has 0 aromatic heterocycles. The van der Waals surface area contributed by atoms with Crippen LogP contribution in [0.1, 0.15) is 19.3 Å². The van der Waals surface area contributed by atoms with E-state index in [-0.39, 0.29) is 5.97 Å². The molecule has 0 aliphatic heterocycles. The van der Waals surface area contributed by atoms with E-state index in [0.717, 1.165) is 18.2 Å². The average molecular weight is 221 g/mol. The topological polar surface area (TPSA) is 26.3 Å². The van der Waals surface area contributed by atoms with E-state index in [9.17, 15) is 4.79 Å². The van der Waals surface area contributed by atoms with Gasteiger partial charge in [-0.2, -0.15) is 0 Å². The van der Waals surface area contributed by atoms with Crippen molar-refractivity contribution in [2.45, 2.75) is 19.3 Å². The molecule has 0 bridgehead atoms. The van der Waals surface area contributed by atoms with Gasteiger partial charge in [0.2, 0.25) is 0 Å². The molecule has 0 radical (unpaired) electrons. The quantitative estimate of drug-likeness (QED) is 0.297. The fourth-order valence-electron chi connectivity index (χ4n) is 0.588. The fourth-order valence-corrected chi connectivity index (χ4v) is 0.984. The smallest absolute Gasteiger partial charge is 0.306 e. The van der Waals surface area contributed by atoms with Gasteiger partial charge in [-0.25, -0.2) is 0 Å². The molecule has 0 fully saturated rings. The summed E-state index contributed by atoms with van der Waals surface area (Å²) in [6.45, 7) is 3.77. The maximum Gasteiger partial charge on any atom is 0.306 e. The SMILES string of the molecule is C=CCOC(=O)CCCCBr. The summed E-state index contributed by atoms with van der Waals surface area (Å²) in [7, 11) is 0. The van der Waals surface area contributed by atoms with E-state index in [4.69, 9.17) is 4.74 Å². The van der Waals surface area contributed by atoms with Gasteiger partial charge in [0.1, 0.15) is 6.61 Å². The molecular formula is C8H13BrO2. The van der Waals surface area contributed by atoms with Crippen LogP contribution in [0.2, 0.25) is 0 Å². The van der Waals surface area contributed by atoms with Crippen molar-refractivity contribution in [1.29, 1.82) is 0 Å². The van der Waals surface area contributed by atoms with Gasteiger partial charge in [-0.05, 0) is 12.8 Å². The standard InChI is InChI=1S/C8H13BrO2/c1-2-7-11-8(10)5-3-4-6-9/h2H,1,3-7H2. The molecular weight excluding hydrogens is 208 g/mol. The van der Waals surface area contributed by atoms with Crippen molar-refractivity contribution < 1.29 is 9.53 Å². The zero-order chi connectivity index (χ0) is 8.53. The van der Waals surface area contributed by atoms with Crippen LogP contribution in [-0.2, 0) is 9.53 Å². The zero-order valence-electron chi connectivity index (χ0n) is 6.51. The number of unbranched alkanes of at least 4 members (excludes halogenated alkanes) is 1. The lowest BCUT2D eigenvalue weighted by Gasteiger charge is -1.99. The molecule has 11 heavy (non-hydrogen) atoms. The highest BCUT2D eigenvalue weighted by Crippen LogP contribution is 1.99. The average Bonchev–Trinajstić information content (AvgIpc) is 2.01. The summed E-state index contributed by atoms with van der Waals surface area (Å²) < 4.78 is 4.77. The summed E-state index contributed by atoms with van der Waals surface area (Å²) in [6.07, 6.45) is 3.99. The van der Waals surface area contributed by atoms with Crippen molar-refractivity contribution >= 4 is 21.9 Å². The van der Waals surface area contributed by atoms with E-state index in [2.05, 4.69) is 22.5 Å². The Kier molecular flexibility index (Phi) is 7.57. The Hall–Kier alpha value is -0.310. The first-order valence-electron chi connectivity index (χ1n) is 3.63.